The Bertz CT molecular complexity index is 2380. The van der Waals surface area contributed by atoms with Gasteiger partial charge in [0.2, 0.25) is 0 Å². The molecular formula is C37H42F2N8O4. The molecule has 2 aliphatic heterocycles. The highest BCUT2D eigenvalue weighted by Crippen LogP contribution is 2.42. The van der Waals surface area contributed by atoms with Gasteiger partial charge in [0, 0.05) is 59.2 Å². The third-order valence-corrected chi connectivity index (χ3v) is 8.84. The number of piperazine rings is 1. The zero-order chi connectivity index (χ0) is 43.6. The fraction of sp³-hybridized carbons (Fsp3) is 0.405. The maximum Gasteiger partial charge on any atom is 0.350 e. The van der Waals surface area contributed by atoms with Gasteiger partial charge in [0.1, 0.15) is 42.0 Å². The van der Waals surface area contributed by atoms with Crippen LogP contribution in [0.3, 0.4) is 0 Å². The van der Waals surface area contributed by atoms with Crippen LogP contribution in [-0.4, -0.2) is 79.6 Å². The van der Waals surface area contributed by atoms with E-state index in [1.54, 1.807) is 19.1 Å². The van der Waals surface area contributed by atoms with E-state index in [0.717, 1.165) is 24.0 Å². The quantitative estimate of drug-likeness (QED) is 0.199. The third kappa shape index (κ3) is 7.24. The SMILES string of the molecule is [2H]C([2H])(n1cncn1)[C@@]1(c2ccc(F)cc2F)OC([2H])([2H])[C@@]([2H])(C([2H])([2H])Oc2ccc(N3CCN(c4ccc(-n5cnn([C@@H](CC)[C@H](C)O)c5=O)cc4)CC3)cc2)C1([2H])[2H]. The molecule has 2 saturated heterocycles. The van der Waals surface area contributed by atoms with Crippen LogP contribution in [0.15, 0.2) is 90.5 Å². The van der Waals surface area contributed by atoms with E-state index in [0.29, 0.717) is 61.2 Å². The average Bonchev–Trinajstić information content (AvgIpc) is 3.91. The topological polar surface area (TPSA) is 116 Å². The van der Waals surface area contributed by atoms with Crippen LogP contribution in [0.4, 0.5) is 20.2 Å². The van der Waals surface area contributed by atoms with E-state index < -0.39 is 66.8 Å². The molecule has 2 aromatic heterocycles. The summed E-state index contributed by atoms with van der Waals surface area (Å²) in [7, 11) is 0. The highest BCUT2D eigenvalue weighted by molar-refractivity contribution is 5.54. The van der Waals surface area contributed by atoms with Gasteiger partial charge in [-0.2, -0.15) is 10.2 Å². The Hall–Kier alpha value is -5.08. The minimum atomic E-state index is -3.83. The number of halogens is 2. The standard InChI is InChI=1S/C37H42F2N8O4/c1-3-35(26(2)48)47-36(49)46(25-42-47)31-7-5-29(6-8-31)43-14-16-44(17-15-43)30-9-11-32(12-10-30)50-20-27-19-37(51-21-27,22-45-24-40-23-41-45)33-13-4-28(38)18-34(33)39/h4-13,18,23-27,35,48H,3,14-17,19-22H2,1-2H3/t26-,27+,35-,37-/m0/s1/i19D2,20D2,21D2,22D2,27D. The number of benzene rings is 3. The van der Waals surface area contributed by atoms with Crippen molar-refractivity contribution in [2.24, 2.45) is 5.89 Å². The minimum Gasteiger partial charge on any atom is -0.493 e. The van der Waals surface area contributed by atoms with Crippen LogP contribution in [0.2, 0.25) is 0 Å². The predicted molar refractivity (Wildman–Crippen MR) is 187 cm³/mol. The van der Waals surface area contributed by atoms with E-state index in [4.69, 9.17) is 17.7 Å². The second-order valence-corrected chi connectivity index (χ2v) is 12.1. The second-order valence-electron chi connectivity index (χ2n) is 12.1. The van der Waals surface area contributed by atoms with Crippen molar-refractivity contribution in [3.63, 3.8) is 0 Å². The van der Waals surface area contributed by atoms with Gasteiger partial charge in [-0.05, 0) is 74.3 Å². The Labute approximate surface area is 307 Å². The van der Waals surface area contributed by atoms with Gasteiger partial charge in [-0.3, -0.25) is 0 Å². The Kier molecular flexibility index (Phi) is 7.17. The smallest absolute Gasteiger partial charge is 0.350 e. The molecule has 5 aromatic rings. The molecule has 0 saturated carbocycles. The van der Waals surface area contributed by atoms with Crippen LogP contribution in [0.1, 0.15) is 50.6 Å². The Balaban J connectivity index is 1.08. The van der Waals surface area contributed by atoms with Crippen molar-refractivity contribution in [3.8, 4) is 11.4 Å². The lowest BCUT2D eigenvalue weighted by molar-refractivity contribution is -0.0206. The number of hydrogen-bond donors (Lipinski definition) is 1. The number of hydrogen-bond acceptors (Lipinski definition) is 9. The zero-order valence-electron chi connectivity index (χ0n) is 36.8. The number of anilines is 2. The first-order valence-corrected chi connectivity index (χ1v) is 16.4. The summed E-state index contributed by atoms with van der Waals surface area (Å²) in [6.45, 7) is -4.88. The lowest BCUT2D eigenvalue weighted by Gasteiger charge is -2.37. The molecule has 3 aromatic carbocycles. The van der Waals surface area contributed by atoms with Crippen LogP contribution < -0.4 is 20.2 Å². The van der Waals surface area contributed by atoms with Crippen molar-refractivity contribution < 1.29 is 35.7 Å². The molecule has 4 atom stereocenters. The fourth-order valence-electron chi connectivity index (χ4n) is 6.16. The maximum absolute atomic E-state index is 15.6. The first kappa shape index (κ1) is 25.0. The van der Waals surface area contributed by atoms with E-state index >= 15 is 4.39 Å². The number of nitrogens with zero attached hydrogens (tertiary/aromatic N) is 8. The molecular weight excluding hydrogens is 658 g/mol. The van der Waals surface area contributed by atoms with Gasteiger partial charge >= 0.3 is 5.69 Å². The van der Waals surface area contributed by atoms with Crippen molar-refractivity contribution in [3.05, 3.63) is 113 Å². The summed E-state index contributed by atoms with van der Waals surface area (Å²) >= 11 is 0. The summed E-state index contributed by atoms with van der Waals surface area (Å²) in [5, 5.41) is 18.0. The molecule has 12 nitrogen and oxygen atoms in total. The van der Waals surface area contributed by atoms with Crippen molar-refractivity contribution in [2.45, 2.75) is 50.9 Å². The van der Waals surface area contributed by atoms with E-state index in [-0.39, 0.29) is 11.4 Å². The normalized spacial score (nSPS) is 27.0. The van der Waals surface area contributed by atoms with E-state index in [1.165, 1.54) is 27.7 Å². The van der Waals surface area contributed by atoms with Crippen molar-refractivity contribution in [2.75, 3.05) is 49.1 Å². The van der Waals surface area contributed by atoms with Crippen LogP contribution in [0.25, 0.3) is 5.69 Å². The Morgan fingerprint density at radius 1 is 1.02 bits per heavy atom. The molecule has 0 spiro atoms. The van der Waals surface area contributed by atoms with Gasteiger partial charge in [0.05, 0.1) is 45.7 Å². The minimum absolute atomic E-state index is 0.230. The summed E-state index contributed by atoms with van der Waals surface area (Å²) in [5.74, 6) is -6.69. The van der Waals surface area contributed by atoms with Gasteiger partial charge in [-0.25, -0.2) is 32.5 Å². The summed E-state index contributed by atoms with van der Waals surface area (Å²) in [6, 6.07) is 14.6. The molecule has 268 valence electrons. The van der Waals surface area contributed by atoms with E-state index in [2.05, 4.69) is 25.0 Å². The molecule has 0 unspecified atom stereocenters. The monoisotopic (exact) mass is 709 g/mol. The van der Waals surface area contributed by atoms with E-state index in [9.17, 15) is 18.4 Å². The lowest BCUT2D eigenvalue weighted by atomic mass is 9.87. The van der Waals surface area contributed by atoms with Gasteiger partial charge in [0.15, 0.2) is 0 Å². The third-order valence-electron chi connectivity index (χ3n) is 8.84. The van der Waals surface area contributed by atoms with Gasteiger partial charge < -0.3 is 24.4 Å². The summed E-state index contributed by atoms with van der Waals surface area (Å²) < 4.78 is 125. The van der Waals surface area contributed by atoms with E-state index in [1.807, 2.05) is 31.2 Å². The number of aliphatic hydroxyl groups excluding tert-OH is 1. The van der Waals surface area contributed by atoms with Gasteiger partial charge in [-0.1, -0.05) is 13.0 Å². The largest absolute Gasteiger partial charge is 0.493 e. The molecule has 4 heterocycles. The molecule has 14 heteroatoms. The fourth-order valence-corrected chi connectivity index (χ4v) is 6.16. The number of rotatable bonds is 12. The van der Waals surface area contributed by atoms with Crippen LogP contribution in [0.5, 0.6) is 5.75 Å². The van der Waals surface area contributed by atoms with Crippen LogP contribution in [0, 0.1) is 17.5 Å². The second kappa shape index (κ2) is 14.6. The molecule has 2 aliphatic rings. The van der Waals surface area contributed by atoms with Gasteiger partial charge in [-0.15, -0.1) is 0 Å². The summed E-state index contributed by atoms with van der Waals surface area (Å²) in [5.41, 5.74) is -2.62. The molecule has 7 rings (SSSR count). The molecule has 1 N–H and O–H groups in total. The highest BCUT2D eigenvalue weighted by Gasteiger charge is 2.44. The molecule has 0 amide bonds. The first-order chi connectivity index (χ1) is 28.1. The lowest BCUT2D eigenvalue weighted by Crippen LogP contribution is -2.46. The molecule has 0 radical (unpaired) electrons. The molecule has 2 fully saturated rings. The summed E-state index contributed by atoms with van der Waals surface area (Å²) in [6.07, 6.45) is -0.944. The summed E-state index contributed by atoms with van der Waals surface area (Å²) in [4.78, 5) is 20.9. The number of ether oxygens (including phenoxy) is 2. The van der Waals surface area contributed by atoms with Crippen molar-refractivity contribution in [1.82, 2.24) is 29.1 Å². The molecule has 0 aliphatic carbocycles. The first-order valence-electron chi connectivity index (χ1n) is 20.9. The maximum atomic E-state index is 15.6. The highest BCUT2D eigenvalue weighted by atomic mass is 19.1. The Morgan fingerprint density at radius 3 is 2.29 bits per heavy atom. The van der Waals surface area contributed by atoms with Crippen molar-refractivity contribution >= 4 is 11.4 Å². The number of aliphatic hydroxyl groups is 1. The zero-order valence-corrected chi connectivity index (χ0v) is 27.8. The Morgan fingerprint density at radius 2 is 1.69 bits per heavy atom. The predicted octanol–water partition coefficient (Wildman–Crippen LogP) is 4.57. The molecule has 0 bridgehead atoms. The van der Waals surface area contributed by atoms with Crippen LogP contribution >= 0.6 is 0 Å². The van der Waals surface area contributed by atoms with Crippen LogP contribution in [-0.2, 0) is 16.8 Å². The van der Waals surface area contributed by atoms with Crippen molar-refractivity contribution in [1.29, 1.82) is 0 Å². The molecule has 51 heavy (non-hydrogen) atoms. The average molecular weight is 710 g/mol. The van der Waals surface area contributed by atoms with Gasteiger partial charge in [0.25, 0.3) is 0 Å². The number of aromatic nitrogens is 6.